The fourth-order valence-corrected chi connectivity index (χ4v) is 3.21. The number of hydrazine groups is 2. The lowest BCUT2D eigenvalue weighted by molar-refractivity contribution is 0.771. The van der Waals surface area contributed by atoms with E-state index in [2.05, 4.69) is 15.7 Å². The van der Waals surface area contributed by atoms with Crippen molar-refractivity contribution in [3.8, 4) is 0 Å². The van der Waals surface area contributed by atoms with Crippen molar-refractivity contribution >= 4 is 41.0 Å². The third-order valence-electron chi connectivity index (χ3n) is 4.76. The summed E-state index contributed by atoms with van der Waals surface area (Å²) < 4.78 is 0. The fourth-order valence-electron chi connectivity index (χ4n) is 3.21. The summed E-state index contributed by atoms with van der Waals surface area (Å²) in [6, 6.07) is 37.6. The summed E-state index contributed by atoms with van der Waals surface area (Å²) >= 11 is 0. The zero-order valence-electron chi connectivity index (χ0n) is 17.1. The van der Waals surface area contributed by atoms with Crippen LogP contribution < -0.4 is 15.7 Å². The Kier molecular flexibility index (Phi) is 6.43. The molecule has 0 atom stereocenters. The summed E-state index contributed by atoms with van der Waals surface area (Å²) in [5.41, 5.74) is 7.89. The van der Waals surface area contributed by atoms with E-state index in [0.29, 0.717) is 0 Å². The highest BCUT2D eigenvalue weighted by Gasteiger charge is 2.26. The minimum absolute atomic E-state index is 0. The number of azo groups is 1. The molecule has 4 aromatic carbocycles. The molecule has 32 heavy (non-hydrogen) atoms. The molecule has 5 rings (SSSR count). The van der Waals surface area contributed by atoms with Crippen LogP contribution in [0.25, 0.3) is 0 Å². The zero-order valence-corrected chi connectivity index (χ0v) is 17.9. The molecule has 0 spiro atoms. The molecule has 1 heterocycles. The lowest BCUT2D eigenvalue weighted by Crippen LogP contribution is -2.44. The van der Waals surface area contributed by atoms with Crippen LogP contribution in [0, 0.1) is 0 Å². The van der Waals surface area contributed by atoms with E-state index in [1.807, 2.05) is 125 Å². The average molecular weight is 441 g/mol. The second kappa shape index (κ2) is 9.76. The van der Waals surface area contributed by atoms with Crippen LogP contribution >= 0.6 is 12.4 Å². The topological polar surface area (TPSA) is 55.6 Å². The Morgan fingerprint density at radius 1 is 0.562 bits per heavy atom. The number of halogens is 1. The SMILES string of the molecule is Cl.c1ccc(/N=N/c2ccc(N3N=C(c4ccccc4)NN3c3ccccc3)cc2)cc1. The van der Waals surface area contributed by atoms with Crippen LogP contribution in [0.15, 0.2) is 131 Å². The largest absolute Gasteiger partial charge is 0.259 e. The van der Waals surface area contributed by atoms with Gasteiger partial charge in [-0.3, -0.25) is 5.43 Å². The summed E-state index contributed by atoms with van der Waals surface area (Å²) in [5, 5.41) is 17.2. The van der Waals surface area contributed by atoms with Gasteiger partial charge >= 0.3 is 0 Å². The van der Waals surface area contributed by atoms with Crippen molar-refractivity contribution in [2.24, 2.45) is 15.3 Å². The van der Waals surface area contributed by atoms with Gasteiger partial charge in [0.2, 0.25) is 0 Å². The molecule has 1 aliphatic rings. The van der Waals surface area contributed by atoms with Crippen molar-refractivity contribution in [3.63, 3.8) is 0 Å². The van der Waals surface area contributed by atoms with Crippen LogP contribution in [0.5, 0.6) is 0 Å². The average Bonchev–Trinajstić information content (AvgIpc) is 3.30. The lowest BCUT2D eigenvalue weighted by atomic mass is 10.2. The van der Waals surface area contributed by atoms with Crippen LogP contribution in [-0.2, 0) is 0 Å². The van der Waals surface area contributed by atoms with Gasteiger partial charge in [0.15, 0.2) is 5.84 Å². The van der Waals surface area contributed by atoms with Crippen LogP contribution in [-0.4, -0.2) is 5.84 Å². The van der Waals surface area contributed by atoms with Crippen molar-refractivity contribution < 1.29 is 0 Å². The predicted molar refractivity (Wildman–Crippen MR) is 132 cm³/mol. The first-order valence-corrected chi connectivity index (χ1v) is 10.00. The second-order valence-electron chi connectivity index (χ2n) is 6.92. The van der Waals surface area contributed by atoms with Gasteiger partial charge in [-0.25, -0.2) is 0 Å². The van der Waals surface area contributed by atoms with E-state index in [-0.39, 0.29) is 12.4 Å². The first kappa shape index (κ1) is 21.1. The number of nitrogens with zero attached hydrogens (tertiary/aromatic N) is 5. The molecule has 1 aliphatic heterocycles. The maximum atomic E-state index is 4.82. The van der Waals surface area contributed by atoms with Crippen molar-refractivity contribution in [2.75, 3.05) is 10.2 Å². The molecule has 0 fully saturated rings. The van der Waals surface area contributed by atoms with Crippen molar-refractivity contribution in [1.82, 2.24) is 5.43 Å². The molecule has 0 bridgehead atoms. The van der Waals surface area contributed by atoms with Gasteiger partial charge in [0, 0.05) is 5.56 Å². The van der Waals surface area contributed by atoms with Gasteiger partial charge < -0.3 is 0 Å². The molecule has 1 N–H and O–H groups in total. The molecule has 7 heteroatoms. The number of para-hydroxylation sites is 1. The normalized spacial score (nSPS) is 12.9. The summed E-state index contributed by atoms with van der Waals surface area (Å²) in [4.78, 5) is 0. The van der Waals surface area contributed by atoms with Gasteiger partial charge in [0.1, 0.15) is 0 Å². The second-order valence-corrected chi connectivity index (χ2v) is 6.92. The van der Waals surface area contributed by atoms with E-state index in [1.54, 1.807) is 0 Å². The molecule has 0 unspecified atom stereocenters. The van der Waals surface area contributed by atoms with Gasteiger partial charge in [-0.15, -0.1) is 17.5 Å². The fraction of sp³-hybridized carbons (Fsp3) is 0. The van der Waals surface area contributed by atoms with Crippen molar-refractivity contribution in [2.45, 2.75) is 0 Å². The van der Waals surface area contributed by atoms with Gasteiger partial charge in [0.05, 0.1) is 22.7 Å². The minimum atomic E-state index is 0. The van der Waals surface area contributed by atoms with Gasteiger partial charge in [0.25, 0.3) is 0 Å². The Balaban J connectivity index is 0.00000245. The Labute approximate surface area is 192 Å². The number of hydrazone groups is 1. The molecule has 0 amide bonds. The molecule has 0 radical (unpaired) electrons. The first-order valence-electron chi connectivity index (χ1n) is 10.00. The van der Waals surface area contributed by atoms with E-state index in [1.165, 1.54) is 0 Å². The predicted octanol–water partition coefficient (Wildman–Crippen LogP) is 6.63. The smallest absolute Gasteiger partial charge is 0.176 e. The number of hydrogen-bond donors (Lipinski definition) is 1. The van der Waals surface area contributed by atoms with Gasteiger partial charge in [-0.2, -0.15) is 20.5 Å². The van der Waals surface area contributed by atoms with Crippen LogP contribution in [0.3, 0.4) is 0 Å². The molecule has 0 aromatic heterocycles. The number of benzene rings is 4. The molecular weight excluding hydrogens is 420 g/mol. The Bertz CT molecular complexity index is 1200. The Morgan fingerprint density at radius 3 is 1.72 bits per heavy atom. The number of hydrogen-bond acceptors (Lipinski definition) is 6. The summed E-state index contributed by atoms with van der Waals surface area (Å²) in [6.07, 6.45) is 0. The third kappa shape index (κ3) is 4.61. The summed E-state index contributed by atoms with van der Waals surface area (Å²) in [7, 11) is 0. The zero-order chi connectivity index (χ0) is 20.9. The Hall–Kier alpha value is -4.16. The van der Waals surface area contributed by atoms with Crippen LogP contribution in [0.4, 0.5) is 22.7 Å². The number of rotatable bonds is 5. The molecular formula is C25H21ClN6. The molecule has 4 aromatic rings. The molecule has 0 aliphatic carbocycles. The van der Waals surface area contributed by atoms with E-state index in [9.17, 15) is 0 Å². The van der Waals surface area contributed by atoms with Crippen molar-refractivity contribution in [1.29, 1.82) is 0 Å². The maximum absolute atomic E-state index is 4.82. The highest BCUT2D eigenvalue weighted by Crippen LogP contribution is 2.28. The minimum Gasteiger partial charge on any atom is -0.259 e. The van der Waals surface area contributed by atoms with E-state index in [0.717, 1.165) is 34.1 Å². The number of nitrogens with one attached hydrogen (secondary N) is 1. The highest BCUT2D eigenvalue weighted by atomic mass is 35.5. The Morgan fingerprint density at radius 2 is 1.09 bits per heavy atom. The van der Waals surface area contributed by atoms with E-state index >= 15 is 0 Å². The van der Waals surface area contributed by atoms with Gasteiger partial charge in [-0.1, -0.05) is 66.7 Å². The molecule has 0 saturated heterocycles. The van der Waals surface area contributed by atoms with Crippen molar-refractivity contribution in [3.05, 3.63) is 121 Å². The van der Waals surface area contributed by atoms with Crippen LogP contribution in [0.2, 0.25) is 0 Å². The van der Waals surface area contributed by atoms with E-state index < -0.39 is 0 Å². The highest BCUT2D eigenvalue weighted by molar-refractivity contribution is 6.02. The number of amidine groups is 1. The summed E-state index contributed by atoms with van der Waals surface area (Å²) in [5.74, 6) is 0.775. The molecule has 0 saturated carbocycles. The molecule has 6 nitrogen and oxygen atoms in total. The number of anilines is 2. The third-order valence-corrected chi connectivity index (χ3v) is 4.76. The monoisotopic (exact) mass is 440 g/mol. The maximum Gasteiger partial charge on any atom is 0.176 e. The van der Waals surface area contributed by atoms with E-state index in [4.69, 9.17) is 5.10 Å². The quantitative estimate of drug-likeness (QED) is 0.354. The lowest BCUT2D eigenvalue weighted by Gasteiger charge is -2.27. The standard InChI is InChI=1S/C25H20N6.ClH/c1-4-10-20(11-5-1)25-28-30(23-14-8-3-9-15-23)31(29-25)24-18-16-22(17-19-24)27-26-21-12-6-2-7-13-21;/h1-19H,(H,28,29);1H/b27-26+;. The summed E-state index contributed by atoms with van der Waals surface area (Å²) in [6.45, 7) is 0. The van der Waals surface area contributed by atoms with Crippen LogP contribution in [0.1, 0.15) is 5.56 Å². The van der Waals surface area contributed by atoms with Gasteiger partial charge in [-0.05, 0) is 48.5 Å². The molecule has 158 valence electrons. The first-order chi connectivity index (χ1) is 15.4.